The van der Waals surface area contributed by atoms with Gasteiger partial charge in [0, 0.05) is 17.7 Å². The molecular formula is C10H13FN2O. The number of halogens is 1. The van der Waals surface area contributed by atoms with Crippen LogP contribution in [0.5, 0.6) is 0 Å². The summed E-state index contributed by atoms with van der Waals surface area (Å²) in [7, 11) is 0. The maximum absolute atomic E-state index is 12.7. The highest BCUT2D eigenvalue weighted by molar-refractivity contribution is 6.00. The minimum atomic E-state index is -0.433. The van der Waals surface area contributed by atoms with Crippen LogP contribution in [0.25, 0.3) is 0 Å². The number of carbonyl (C=O) groups excluding carboxylic acids is 1. The third-order valence-corrected chi connectivity index (χ3v) is 1.92. The van der Waals surface area contributed by atoms with Gasteiger partial charge < -0.3 is 11.5 Å². The first kappa shape index (κ1) is 10.7. The molecule has 0 heterocycles. The zero-order chi connectivity index (χ0) is 10.6. The molecule has 0 aliphatic rings. The molecule has 0 bridgehead atoms. The van der Waals surface area contributed by atoms with Crippen molar-refractivity contribution in [1.82, 2.24) is 0 Å². The van der Waals surface area contributed by atoms with Gasteiger partial charge in [0.25, 0.3) is 0 Å². The Hall–Kier alpha value is -1.42. The van der Waals surface area contributed by atoms with E-state index >= 15 is 0 Å². The van der Waals surface area contributed by atoms with Gasteiger partial charge in [-0.25, -0.2) is 4.39 Å². The van der Waals surface area contributed by atoms with Gasteiger partial charge in [0.1, 0.15) is 5.82 Å². The summed E-state index contributed by atoms with van der Waals surface area (Å²) >= 11 is 0. The minimum Gasteiger partial charge on any atom is -0.398 e. The first-order chi connectivity index (χ1) is 6.65. The topological polar surface area (TPSA) is 69.1 Å². The summed E-state index contributed by atoms with van der Waals surface area (Å²) in [5.41, 5.74) is 11.3. The Morgan fingerprint density at radius 2 is 2.14 bits per heavy atom. The van der Waals surface area contributed by atoms with Gasteiger partial charge >= 0.3 is 0 Å². The predicted octanol–water partition coefficient (Wildman–Crippen LogP) is 1.33. The highest BCUT2D eigenvalue weighted by Gasteiger charge is 2.09. The molecule has 4 heteroatoms. The molecule has 0 aliphatic heterocycles. The lowest BCUT2D eigenvalue weighted by atomic mass is 10.0. The van der Waals surface area contributed by atoms with Crippen LogP contribution in [0.2, 0.25) is 0 Å². The molecule has 1 rings (SSSR count). The average molecular weight is 196 g/mol. The number of carbonyl (C=O) groups is 1. The second-order valence-electron chi connectivity index (χ2n) is 3.05. The highest BCUT2D eigenvalue weighted by Crippen LogP contribution is 2.15. The molecule has 0 saturated carbocycles. The fourth-order valence-corrected chi connectivity index (χ4v) is 1.18. The van der Waals surface area contributed by atoms with Crippen molar-refractivity contribution in [2.75, 3.05) is 12.3 Å². The number of hydrogen-bond donors (Lipinski definition) is 2. The van der Waals surface area contributed by atoms with E-state index in [1.165, 1.54) is 12.1 Å². The van der Waals surface area contributed by atoms with Crippen LogP contribution in [0.3, 0.4) is 0 Å². The molecule has 0 atom stereocenters. The molecule has 14 heavy (non-hydrogen) atoms. The number of ketones is 1. The quantitative estimate of drug-likeness (QED) is 0.563. The Morgan fingerprint density at radius 1 is 1.43 bits per heavy atom. The van der Waals surface area contributed by atoms with Crippen LogP contribution < -0.4 is 11.5 Å². The molecule has 0 fully saturated rings. The van der Waals surface area contributed by atoms with Crippen molar-refractivity contribution in [3.63, 3.8) is 0 Å². The number of nitrogen functional groups attached to an aromatic ring is 1. The van der Waals surface area contributed by atoms with Crippen LogP contribution in [-0.4, -0.2) is 12.3 Å². The molecule has 1 aromatic rings. The molecule has 0 saturated heterocycles. The van der Waals surface area contributed by atoms with Gasteiger partial charge in [-0.3, -0.25) is 4.79 Å². The van der Waals surface area contributed by atoms with Crippen molar-refractivity contribution in [2.24, 2.45) is 5.73 Å². The van der Waals surface area contributed by atoms with Crippen molar-refractivity contribution >= 4 is 11.5 Å². The molecule has 0 amide bonds. The molecular weight excluding hydrogens is 183 g/mol. The predicted molar refractivity (Wildman–Crippen MR) is 53.4 cm³/mol. The smallest absolute Gasteiger partial charge is 0.164 e. The normalized spacial score (nSPS) is 10.1. The molecule has 0 aliphatic carbocycles. The molecule has 0 unspecified atom stereocenters. The summed E-state index contributed by atoms with van der Waals surface area (Å²) in [6, 6.07) is 3.78. The van der Waals surface area contributed by atoms with Crippen LogP contribution in [-0.2, 0) is 0 Å². The fourth-order valence-electron chi connectivity index (χ4n) is 1.18. The highest BCUT2D eigenvalue weighted by atomic mass is 19.1. The van der Waals surface area contributed by atoms with Crippen LogP contribution in [0.15, 0.2) is 18.2 Å². The molecule has 0 radical (unpaired) electrons. The number of anilines is 1. The van der Waals surface area contributed by atoms with Crippen molar-refractivity contribution in [3.05, 3.63) is 29.6 Å². The van der Waals surface area contributed by atoms with Gasteiger partial charge in [0.05, 0.1) is 0 Å². The minimum absolute atomic E-state index is 0.0899. The summed E-state index contributed by atoms with van der Waals surface area (Å²) in [6.07, 6.45) is 0.974. The first-order valence-corrected chi connectivity index (χ1v) is 4.43. The van der Waals surface area contributed by atoms with Gasteiger partial charge in [0.15, 0.2) is 5.78 Å². The maximum atomic E-state index is 12.7. The largest absolute Gasteiger partial charge is 0.398 e. The second kappa shape index (κ2) is 4.72. The number of rotatable bonds is 4. The maximum Gasteiger partial charge on any atom is 0.164 e. The van der Waals surface area contributed by atoms with Crippen LogP contribution in [0.4, 0.5) is 10.1 Å². The van der Waals surface area contributed by atoms with E-state index in [1.807, 2.05) is 0 Å². The van der Waals surface area contributed by atoms with E-state index in [2.05, 4.69) is 0 Å². The van der Waals surface area contributed by atoms with E-state index in [9.17, 15) is 9.18 Å². The molecule has 1 aromatic carbocycles. The Kier molecular flexibility index (Phi) is 3.59. The Morgan fingerprint density at radius 3 is 2.71 bits per heavy atom. The average Bonchev–Trinajstić information content (AvgIpc) is 2.14. The summed E-state index contributed by atoms with van der Waals surface area (Å²) in [4.78, 5) is 11.5. The Balaban J connectivity index is 2.80. The van der Waals surface area contributed by atoms with E-state index in [0.29, 0.717) is 24.9 Å². The van der Waals surface area contributed by atoms with Gasteiger partial charge in [-0.1, -0.05) is 0 Å². The SMILES string of the molecule is NCCCC(=O)c1ccc(F)cc1N. The monoisotopic (exact) mass is 196 g/mol. The van der Waals surface area contributed by atoms with Crippen molar-refractivity contribution < 1.29 is 9.18 Å². The zero-order valence-corrected chi connectivity index (χ0v) is 7.79. The second-order valence-corrected chi connectivity index (χ2v) is 3.05. The Bertz CT molecular complexity index is 339. The van der Waals surface area contributed by atoms with Crippen LogP contribution in [0.1, 0.15) is 23.2 Å². The molecule has 3 nitrogen and oxygen atoms in total. The lowest BCUT2D eigenvalue weighted by Gasteiger charge is -2.03. The molecule has 0 spiro atoms. The van der Waals surface area contributed by atoms with Gasteiger partial charge in [-0.15, -0.1) is 0 Å². The van der Waals surface area contributed by atoms with Crippen molar-refractivity contribution in [1.29, 1.82) is 0 Å². The van der Waals surface area contributed by atoms with E-state index in [4.69, 9.17) is 11.5 Å². The number of benzene rings is 1. The summed E-state index contributed by atoms with van der Waals surface area (Å²) in [6.45, 7) is 0.465. The fraction of sp³-hybridized carbons (Fsp3) is 0.300. The molecule has 76 valence electrons. The van der Waals surface area contributed by atoms with Crippen molar-refractivity contribution in [2.45, 2.75) is 12.8 Å². The lowest BCUT2D eigenvalue weighted by Crippen LogP contribution is -2.07. The van der Waals surface area contributed by atoms with E-state index in [0.717, 1.165) is 6.07 Å². The van der Waals surface area contributed by atoms with E-state index in [-0.39, 0.29) is 11.5 Å². The standard InChI is InChI=1S/C10H13FN2O/c11-7-3-4-8(9(13)6-7)10(14)2-1-5-12/h3-4,6H,1-2,5,12-13H2. The summed E-state index contributed by atoms with van der Waals surface area (Å²) < 4.78 is 12.7. The van der Waals surface area contributed by atoms with Crippen LogP contribution >= 0.6 is 0 Å². The number of nitrogens with two attached hydrogens (primary N) is 2. The van der Waals surface area contributed by atoms with E-state index in [1.54, 1.807) is 0 Å². The van der Waals surface area contributed by atoms with Gasteiger partial charge in [0.2, 0.25) is 0 Å². The summed E-state index contributed by atoms with van der Waals surface area (Å²) in [5, 5.41) is 0. The number of hydrogen-bond acceptors (Lipinski definition) is 3. The number of Topliss-reactive ketones (excluding diaryl/α,β-unsaturated/α-hetero) is 1. The van der Waals surface area contributed by atoms with Crippen LogP contribution in [0, 0.1) is 5.82 Å². The first-order valence-electron chi connectivity index (χ1n) is 4.43. The third-order valence-electron chi connectivity index (χ3n) is 1.92. The van der Waals surface area contributed by atoms with Gasteiger partial charge in [-0.05, 0) is 31.2 Å². The van der Waals surface area contributed by atoms with E-state index < -0.39 is 5.82 Å². The molecule has 0 aromatic heterocycles. The third kappa shape index (κ3) is 2.53. The lowest BCUT2D eigenvalue weighted by molar-refractivity contribution is 0.0981. The van der Waals surface area contributed by atoms with Crippen molar-refractivity contribution in [3.8, 4) is 0 Å². The zero-order valence-electron chi connectivity index (χ0n) is 7.79. The molecule has 4 N–H and O–H groups in total. The van der Waals surface area contributed by atoms with Gasteiger partial charge in [-0.2, -0.15) is 0 Å². The Labute approximate surface area is 81.9 Å². The summed E-state index contributed by atoms with van der Waals surface area (Å²) in [5.74, 6) is -0.522.